The average molecular weight is 222 g/mol. The number of rotatable bonds is 0. The maximum Gasteiger partial charge on any atom is 0.366 e. The normalized spacial score (nSPS) is 34.4. The molecule has 0 saturated carbocycles. The molecule has 15 heavy (non-hydrogen) atoms. The molecule has 5 heteroatoms. The number of hydrogen-bond acceptors (Lipinski definition) is 3. The van der Waals surface area contributed by atoms with E-state index in [1.165, 1.54) is 16.9 Å². The third-order valence-corrected chi connectivity index (χ3v) is 4.46. The lowest BCUT2D eigenvalue weighted by atomic mass is 9.88. The molecule has 0 aromatic heterocycles. The molecule has 2 aliphatic heterocycles. The van der Waals surface area contributed by atoms with Crippen molar-refractivity contribution in [2.75, 3.05) is 0 Å². The molecule has 0 N–H and O–H groups in total. The highest BCUT2D eigenvalue weighted by Gasteiger charge is 2.47. The minimum atomic E-state index is -0.603. The fourth-order valence-corrected chi connectivity index (χ4v) is 3.92. The predicted molar refractivity (Wildman–Crippen MR) is 55.0 cm³/mol. The molecule has 0 aromatic rings. The summed E-state index contributed by atoms with van der Waals surface area (Å²) in [5, 5.41) is 7.13. The van der Waals surface area contributed by atoms with Crippen LogP contribution in [0.5, 0.6) is 0 Å². The van der Waals surface area contributed by atoms with Crippen molar-refractivity contribution in [3.05, 3.63) is 10.5 Å². The molecule has 2 heterocycles. The minimum absolute atomic E-state index is 0.203. The van der Waals surface area contributed by atoms with Crippen LogP contribution in [0.2, 0.25) is 0 Å². The molecule has 2 radical (unpaired) electrons. The van der Waals surface area contributed by atoms with Gasteiger partial charge in [-0.05, 0) is 36.2 Å². The zero-order valence-electron chi connectivity index (χ0n) is 8.10. The van der Waals surface area contributed by atoms with Crippen LogP contribution in [0.1, 0.15) is 25.7 Å². The van der Waals surface area contributed by atoms with Crippen molar-refractivity contribution in [3.63, 3.8) is 0 Å². The summed E-state index contributed by atoms with van der Waals surface area (Å²) in [6, 6.07) is -0.603. The average Bonchev–Trinajstić information content (AvgIpc) is 2.54. The summed E-state index contributed by atoms with van der Waals surface area (Å²) in [6.07, 6.45) is 4.35. The highest BCUT2D eigenvalue weighted by Crippen LogP contribution is 2.49. The Morgan fingerprint density at radius 3 is 2.87 bits per heavy atom. The second-order valence-electron chi connectivity index (χ2n) is 4.00. The highest BCUT2D eigenvalue weighted by molar-refractivity contribution is 8.04. The van der Waals surface area contributed by atoms with Crippen molar-refractivity contribution in [1.29, 1.82) is 0 Å². The summed E-state index contributed by atoms with van der Waals surface area (Å²) in [5.74, 6) is -0.498. The number of imide groups is 1. The van der Waals surface area contributed by atoms with Crippen LogP contribution < -0.4 is 10.6 Å². The van der Waals surface area contributed by atoms with E-state index < -0.39 is 6.03 Å². The fourth-order valence-electron chi connectivity index (χ4n) is 2.42. The van der Waals surface area contributed by atoms with E-state index in [1.807, 2.05) is 0 Å². The lowest BCUT2D eigenvalue weighted by Gasteiger charge is -2.23. The van der Waals surface area contributed by atoms with Crippen LogP contribution in [0.3, 0.4) is 0 Å². The maximum atomic E-state index is 11.6. The van der Waals surface area contributed by atoms with Gasteiger partial charge in [-0.15, -0.1) is 11.8 Å². The number of carbonyl (C=O) groups excluding carboxylic acids is 2. The van der Waals surface area contributed by atoms with Gasteiger partial charge in [0, 0.05) is 0 Å². The predicted octanol–water partition coefficient (Wildman–Crippen LogP) is 1.37. The molecule has 0 spiro atoms. The van der Waals surface area contributed by atoms with E-state index in [4.69, 9.17) is 0 Å². The van der Waals surface area contributed by atoms with Gasteiger partial charge in [0.05, 0.1) is 5.92 Å². The molecule has 0 bridgehead atoms. The van der Waals surface area contributed by atoms with Gasteiger partial charge in [-0.25, -0.2) is 10.1 Å². The van der Waals surface area contributed by atoms with Crippen LogP contribution in [0, 0.1) is 5.92 Å². The van der Waals surface area contributed by atoms with Gasteiger partial charge in [0.25, 0.3) is 5.91 Å². The molecular formula is C10H10N2O2S. The molecule has 1 fully saturated rings. The van der Waals surface area contributed by atoms with E-state index in [0.717, 1.165) is 19.3 Å². The molecule has 3 rings (SSSR count). The third kappa shape index (κ3) is 1.37. The van der Waals surface area contributed by atoms with Crippen LogP contribution >= 0.6 is 11.8 Å². The summed E-state index contributed by atoms with van der Waals surface area (Å²) in [7, 11) is 0. The summed E-state index contributed by atoms with van der Waals surface area (Å²) < 4.78 is 0. The minimum Gasteiger partial charge on any atom is -0.272 e. The van der Waals surface area contributed by atoms with E-state index in [2.05, 4.69) is 10.6 Å². The number of allylic oxidation sites excluding steroid dienone is 1. The first-order chi connectivity index (χ1) is 7.25. The molecule has 4 nitrogen and oxygen atoms in total. The van der Waals surface area contributed by atoms with E-state index in [-0.39, 0.29) is 17.2 Å². The van der Waals surface area contributed by atoms with Gasteiger partial charge in [-0.2, -0.15) is 5.32 Å². The molecule has 78 valence electrons. The molecule has 1 aliphatic carbocycles. The summed E-state index contributed by atoms with van der Waals surface area (Å²) in [6.45, 7) is 0. The Hall–Kier alpha value is -0.970. The quantitative estimate of drug-likeness (QED) is 0.622. The summed E-state index contributed by atoms with van der Waals surface area (Å²) in [5.41, 5.74) is 1.21. The number of amides is 3. The second-order valence-corrected chi connectivity index (χ2v) is 5.21. The zero-order chi connectivity index (χ0) is 10.4. The van der Waals surface area contributed by atoms with Crippen molar-refractivity contribution < 1.29 is 9.59 Å². The van der Waals surface area contributed by atoms with E-state index in [0.29, 0.717) is 0 Å². The Labute approximate surface area is 91.9 Å². The number of carbonyl (C=O) groups is 2. The van der Waals surface area contributed by atoms with Crippen LogP contribution in [-0.4, -0.2) is 17.3 Å². The third-order valence-electron chi connectivity index (χ3n) is 3.09. The molecule has 2 atom stereocenters. The molecule has 3 aliphatic rings. The van der Waals surface area contributed by atoms with E-state index >= 15 is 0 Å². The van der Waals surface area contributed by atoms with E-state index in [1.54, 1.807) is 11.8 Å². The van der Waals surface area contributed by atoms with Crippen molar-refractivity contribution in [2.45, 2.75) is 31.1 Å². The lowest BCUT2D eigenvalue weighted by molar-refractivity contribution is -0.124. The number of fused-ring (bicyclic) bond motifs is 2. The van der Waals surface area contributed by atoms with Gasteiger partial charge in [0.1, 0.15) is 5.37 Å². The van der Waals surface area contributed by atoms with E-state index in [9.17, 15) is 9.59 Å². The highest BCUT2D eigenvalue weighted by atomic mass is 32.2. The first-order valence-electron chi connectivity index (χ1n) is 5.14. The van der Waals surface area contributed by atoms with Gasteiger partial charge in [-0.1, -0.05) is 0 Å². The standard InChI is InChI=1S/C10H10N2O2S/c13-8-7-5-3-1-2-4-6(5)15-9(7)12-10(14)11-8/h7,9H,1-4H2. The topological polar surface area (TPSA) is 62.3 Å². The van der Waals surface area contributed by atoms with Crippen molar-refractivity contribution >= 4 is 23.7 Å². The maximum absolute atomic E-state index is 11.6. The molecule has 1 saturated heterocycles. The van der Waals surface area contributed by atoms with Crippen LogP contribution in [0.4, 0.5) is 4.79 Å². The van der Waals surface area contributed by atoms with Crippen LogP contribution in [-0.2, 0) is 4.79 Å². The Balaban J connectivity index is 1.93. The molecule has 0 aromatic carbocycles. The van der Waals surface area contributed by atoms with Crippen molar-refractivity contribution in [1.82, 2.24) is 10.6 Å². The first kappa shape index (κ1) is 9.27. The monoisotopic (exact) mass is 222 g/mol. The zero-order valence-corrected chi connectivity index (χ0v) is 8.92. The molecule has 2 unspecified atom stereocenters. The van der Waals surface area contributed by atoms with Gasteiger partial charge in [0.2, 0.25) is 0 Å². The first-order valence-corrected chi connectivity index (χ1v) is 6.02. The largest absolute Gasteiger partial charge is 0.366 e. The fraction of sp³-hybridized carbons (Fsp3) is 0.600. The molecule has 3 amide bonds. The Bertz CT molecular complexity index is 378. The Morgan fingerprint density at radius 1 is 1.20 bits per heavy atom. The van der Waals surface area contributed by atoms with Crippen LogP contribution in [0.15, 0.2) is 10.5 Å². The SMILES string of the molecule is O=C1[N]C(=O)C2C3=C(CCCC3)SC2[N]1. The lowest BCUT2D eigenvalue weighted by Crippen LogP contribution is -2.48. The summed E-state index contributed by atoms with van der Waals surface area (Å²) >= 11 is 1.60. The van der Waals surface area contributed by atoms with Crippen molar-refractivity contribution in [2.24, 2.45) is 5.92 Å². The molecular weight excluding hydrogens is 212 g/mol. The number of nitrogens with zero attached hydrogens (tertiary/aromatic N) is 2. The number of urea groups is 1. The number of thioether (sulfide) groups is 1. The van der Waals surface area contributed by atoms with Gasteiger partial charge in [-0.3, -0.25) is 4.79 Å². The van der Waals surface area contributed by atoms with Crippen molar-refractivity contribution in [3.8, 4) is 0 Å². The Kier molecular flexibility index (Phi) is 2.02. The smallest absolute Gasteiger partial charge is 0.272 e. The second kappa shape index (κ2) is 3.27. The number of hydrogen-bond donors (Lipinski definition) is 0. The Morgan fingerprint density at radius 2 is 2.00 bits per heavy atom. The van der Waals surface area contributed by atoms with Gasteiger partial charge in [0.15, 0.2) is 0 Å². The van der Waals surface area contributed by atoms with Gasteiger partial charge >= 0.3 is 6.03 Å². The van der Waals surface area contributed by atoms with Gasteiger partial charge < -0.3 is 0 Å². The summed E-state index contributed by atoms with van der Waals surface area (Å²) in [4.78, 5) is 24.0. The van der Waals surface area contributed by atoms with Crippen LogP contribution in [0.25, 0.3) is 0 Å².